The quantitative estimate of drug-likeness (QED) is 0.681. The fourth-order valence-electron chi connectivity index (χ4n) is 3.07. The molecule has 150 valence electrons. The Bertz CT molecular complexity index is 832. The van der Waals surface area contributed by atoms with E-state index in [1.165, 1.54) is 0 Å². The van der Waals surface area contributed by atoms with Crippen molar-refractivity contribution < 1.29 is 14.3 Å². The van der Waals surface area contributed by atoms with Crippen LogP contribution in [0.4, 0.5) is 5.69 Å². The zero-order valence-electron chi connectivity index (χ0n) is 17.3. The molecule has 0 aliphatic carbocycles. The van der Waals surface area contributed by atoms with Crippen LogP contribution >= 0.6 is 0 Å². The number of benzene rings is 2. The molecule has 5 heteroatoms. The molecule has 0 aliphatic rings. The number of ether oxygens (including phenoxy) is 1. The van der Waals surface area contributed by atoms with Crippen molar-refractivity contribution in [1.82, 2.24) is 5.32 Å². The largest absolute Gasteiger partial charge is 0.494 e. The Kier molecular flexibility index (Phi) is 7.61. The number of carbonyl (C=O) groups is 2. The van der Waals surface area contributed by atoms with Gasteiger partial charge < -0.3 is 15.4 Å². The first-order valence-electron chi connectivity index (χ1n) is 9.81. The lowest BCUT2D eigenvalue weighted by atomic mass is 9.97. The highest BCUT2D eigenvalue weighted by Gasteiger charge is 2.21. The van der Waals surface area contributed by atoms with E-state index in [4.69, 9.17) is 4.74 Å². The number of para-hydroxylation sites is 1. The molecule has 0 saturated carbocycles. The van der Waals surface area contributed by atoms with Gasteiger partial charge in [-0.25, -0.2) is 0 Å². The van der Waals surface area contributed by atoms with Crippen LogP contribution in [-0.2, 0) is 9.59 Å². The average molecular weight is 383 g/mol. The molecule has 2 aromatic rings. The third-order valence-electron chi connectivity index (χ3n) is 4.84. The molecule has 2 N–H and O–H groups in total. The van der Waals surface area contributed by atoms with Gasteiger partial charge in [-0.3, -0.25) is 9.59 Å². The highest BCUT2D eigenvalue weighted by atomic mass is 16.5. The molecule has 0 spiro atoms. The molecular weight excluding hydrogens is 352 g/mol. The molecule has 0 radical (unpaired) electrons. The van der Waals surface area contributed by atoms with Gasteiger partial charge in [-0.15, -0.1) is 0 Å². The number of carbonyl (C=O) groups excluding carboxylic acids is 2. The molecule has 28 heavy (non-hydrogen) atoms. The molecule has 2 amide bonds. The Balaban J connectivity index is 2.11. The van der Waals surface area contributed by atoms with Crippen molar-refractivity contribution in [2.75, 3.05) is 11.9 Å². The van der Waals surface area contributed by atoms with E-state index in [0.717, 1.165) is 23.1 Å². The SMILES string of the molecule is CCOc1ccc(C)cc1C(C)NC(=O)C(=O)Nc1ccccc1C(C)CC. The van der Waals surface area contributed by atoms with E-state index < -0.39 is 11.8 Å². The molecule has 0 aromatic heterocycles. The summed E-state index contributed by atoms with van der Waals surface area (Å²) in [5.74, 6) is -0.341. The smallest absolute Gasteiger partial charge is 0.313 e. The third-order valence-corrected chi connectivity index (χ3v) is 4.84. The minimum absolute atomic E-state index is 0.291. The molecule has 2 rings (SSSR count). The maximum Gasteiger partial charge on any atom is 0.313 e. The van der Waals surface area contributed by atoms with Crippen molar-refractivity contribution in [1.29, 1.82) is 0 Å². The molecule has 0 aliphatic heterocycles. The first-order chi connectivity index (χ1) is 13.4. The second-order valence-corrected chi connectivity index (χ2v) is 7.02. The lowest BCUT2D eigenvalue weighted by Crippen LogP contribution is -2.37. The Morgan fingerprint density at radius 3 is 2.39 bits per heavy atom. The topological polar surface area (TPSA) is 67.4 Å². The normalized spacial score (nSPS) is 12.8. The van der Waals surface area contributed by atoms with Crippen molar-refractivity contribution in [3.05, 3.63) is 59.2 Å². The van der Waals surface area contributed by atoms with Crippen molar-refractivity contribution in [2.45, 2.75) is 53.0 Å². The maximum atomic E-state index is 12.5. The molecule has 2 aromatic carbocycles. The fraction of sp³-hybridized carbons (Fsp3) is 0.391. The Hall–Kier alpha value is -2.82. The average Bonchev–Trinajstić information content (AvgIpc) is 2.69. The van der Waals surface area contributed by atoms with E-state index in [-0.39, 0.29) is 6.04 Å². The summed E-state index contributed by atoms with van der Waals surface area (Å²) < 4.78 is 5.65. The van der Waals surface area contributed by atoms with Gasteiger partial charge in [0.05, 0.1) is 12.6 Å². The van der Waals surface area contributed by atoms with Crippen LogP contribution in [0, 0.1) is 6.92 Å². The van der Waals surface area contributed by atoms with E-state index >= 15 is 0 Å². The Labute approximate surface area is 167 Å². The van der Waals surface area contributed by atoms with Crippen LogP contribution in [0.1, 0.15) is 62.8 Å². The van der Waals surface area contributed by atoms with Crippen LogP contribution in [0.2, 0.25) is 0 Å². The standard InChI is InChI=1S/C23H30N2O3/c1-6-16(4)18-10-8-9-11-20(18)25-23(27)22(26)24-17(5)19-14-15(3)12-13-21(19)28-7-2/h8-14,16-17H,6-7H2,1-5H3,(H,24,26)(H,25,27). The van der Waals surface area contributed by atoms with E-state index in [1.54, 1.807) is 0 Å². The van der Waals surface area contributed by atoms with Gasteiger partial charge in [-0.05, 0) is 50.8 Å². The van der Waals surface area contributed by atoms with Crippen molar-refractivity contribution in [2.24, 2.45) is 0 Å². The zero-order chi connectivity index (χ0) is 20.7. The summed E-state index contributed by atoms with van der Waals surface area (Å²) in [7, 11) is 0. The summed E-state index contributed by atoms with van der Waals surface area (Å²) in [4.78, 5) is 24.9. The molecule has 0 fully saturated rings. The van der Waals surface area contributed by atoms with Gasteiger partial charge in [-0.2, -0.15) is 0 Å². The summed E-state index contributed by atoms with van der Waals surface area (Å²) in [6.07, 6.45) is 0.948. The van der Waals surface area contributed by atoms with Crippen molar-refractivity contribution in [3.63, 3.8) is 0 Å². The number of rotatable bonds is 7. The molecule has 0 bridgehead atoms. The van der Waals surface area contributed by atoms with Crippen LogP contribution in [-0.4, -0.2) is 18.4 Å². The minimum Gasteiger partial charge on any atom is -0.494 e. The van der Waals surface area contributed by atoms with Crippen LogP contribution in [0.15, 0.2) is 42.5 Å². The lowest BCUT2D eigenvalue weighted by Gasteiger charge is -2.19. The molecule has 0 heterocycles. The molecule has 5 nitrogen and oxygen atoms in total. The maximum absolute atomic E-state index is 12.5. The number of hydrogen-bond acceptors (Lipinski definition) is 3. The van der Waals surface area contributed by atoms with Crippen LogP contribution < -0.4 is 15.4 Å². The van der Waals surface area contributed by atoms with Crippen LogP contribution in [0.3, 0.4) is 0 Å². The Morgan fingerprint density at radius 1 is 1.00 bits per heavy atom. The van der Waals surface area contributed by atoms with Gasteiger partial charge in [0, 0.05) is 11.3 Å². The van der Waals surface area contributed by atoms with E-state index in [2.05, 4.69) is 24.5 Å². The van der Waals surface area contributed by atoms with Crippen LogP contribution in [0.5, 0.6) is 5.75 Å². The van der Waals surface area contributed by atoms with Gasteiger partial charge in [0.25, 0.3) is 0 Å². The monoisotopic (exact) mass is 382 g/mol. The van der Waals surface area contributed by atoms with E-state index in [9.17, 15) is 9.59 Å². The van der Waals surface area contributed by atoms with E-state index in [1.807, 2.05) is 63.2 Å². The van der Waals surface area contributed by atoms with Gasteiger partial charge >= 0.3 is 11.8 Å². The van der Waals surface area contributed by atoms with Gasteiger partial charge in [0.2, 0.25) is 0 Å². The second kappa shape index (κ2) is 9.93. The zero-order valence-corrected chi connectivity index (χ0v) is 17.3. The van der Waals surface area contributed by atoms with Crippen molar-refractivity contribution in [3.8, 4) is 5.75 Å². The highest BCUT2D eigenvalue weighted by molar-refractivity contribution is 6.39. The Morgan fingerprint density at radius 2 is 1.71 bits per heavy atom. The number of anilines is 1. The molecule has 2 unspecified atom stereocenters. The third kappa shape index (κ3) is 5.35. The summed E-state index contributed by atoms with van der Waals surface area (Å²) in [5, 5.41) is 5.53. The highest BCUT2D eigenvalue weighted by Crippen LogP contribution is 2.28. The van der Waals surface area contributed by atoms with Gasteiger partial charge in [0.15, 0.2) is 0 Å². The number of hydrogen-bond donors (Lipinski definition) is 2. The summed E-state index contributed by atoms with van der Waals surface area (Å²) >= 11 is 0. The molecule has 2 atom stereocenters. The first-order valence-corrected chi connectivity index (χ1v) is 9.81. The molecular formula is C23H30N2O3. The fourth-order valence-corrected chi connectivity index (χ4v) is 3.07. The number of nitrogens with one attached hydrogen (secondary N) is 2. The van der Waals surface area contributed by atoms with Gasteiger partial charge in [-0.1, -0.05) is 49.7 Å². The predicted molar refractivity (Wildman–Crippen MR) is 113 cm³/mol. The van der Waals surface area contributed by atoms with Crippen LogP contribution in [0.25, 0.3) is 0 Å². The molecule has 0 saturated heterocycles. The second-order valence-electron chi connectivity index (χ2n) is 7.02. The first kappa shape index (κ1) is 21.5. The summed E-state index contributed by atoms with van der Waals surface area (Å²) in [5.41, 5.74) is 3.61. The number of amides is 2. The lowest BCUT2D eigenvalue weighted by molar-refractivity contribution is -0.136. The van der Waals surface area contributed by atoms with Gasteiger partial charge in [0.1, 0.15) is 5.75 Å². The predicted octanol–water partition coefficient (Wildman–Crippen LogP) is 4.72. The minimum atomic E-state index is -0.673. The number of aryl methyl sites for hydroxylation is 1. The van der Waals surface area contributed by atoms with E-state index in [0.29, 0.717) is 24.0 Å². The summed E-state index contributed by atoms with van der Waals surface area (Å²) in [6.45, 7) is 10.5. The van der Waals surface area contributed by atoms with Crippen molar-refractivity contribution >= 4 is 17.5 Å². The summed E-state index contributed by atoms with van der Waals surface area (Å²) in [6, 6.07) is 13.0.